The van der Waals surface area contributed by atoms with Crippen LogP contribution in [0.5, 0.6) is 0 Å². The summed E-state index contributed by atoms with van der Waals surface area (Å²) < 4.78 is 2.61. The average molecular weight is 331 g/mol. The van der Waals surface area contributed by atoms with E-state index in [1.807, 2.05) is 12.1 Å². The van der Waals surface area contributed by atoms with Crippen LogP contribution < -0.4 is 11.2 Å². The van der Waals surface area contributed by atoms with Crippen molar-refractivity contribution in [3.05, 3.63) is 80.0 Å². The van der Waals surface area contributed by atoms with Crippen LogP contribution in [0.25, 0.3) is 10.9 Å². The number of rotatable bonds is 4. The van der Waals surface area contributed by atoms with Gasteiger partial charge in [0.05, 0.1) is 30.6 Å². The lowest BCUT2D eigenvalue weighted by molar-refractivity contribution is 0.270. The van der Waals surface area contributed by atoms with Crippen molar-refractivity contribution >= 4 is 22.5 Å². The molecule has 3 rings (SSSR count). The SMILES string of the molecule is O=c1c2ccccc2n(Cc2ccc(Cl)cc2)c(=O)n1CCO. The first-order valence-electron chi connectivity index (χ1n) is 7.19. The largest absolute Gasteiger partial charge is 0.395 e. The van der Waals surface area contributed by atoms with E-state index in [0.717, 1.165) is 10.1 Å². The van der Waals surface area contributed by atoms with Gasteiger partial charge in [0.15, 0.2) is 0 Å². The van der Waals surface area contributed by atoms with Crippen molar-refractivity contribution in [2.24, 2.45) is 0 Å². The van der Waals surface area contributed by atoms with Gasteiger partial charge in [0.2, 0.25) is 0 Å². The van der Waals surface area contributed by atoms with Gasteiger partial charge >= 0.3 is 5.69 Å². The van der Waals surface area contributed by atoms with Crippen molar-refractivity contribution in [3.63, 3.8) is 0 Å². The molecule has 0 aliphatic carbocycles. The fraction of sp³-hybridized carbons (Fsp3) is 0.176. The van der Waals surface area contributed by atoms with Crippen LogP contribution in [-0.4, -0.2) is 20.8 Å². The molecule has 0 amide bonds. The van der Waals surface area contributed by atoms with Crippen molar-refractivity contribution in [2.75, 3.05) is 6.61 Å². The van der Waals surface area contributed by atoms with Gasteiger partial charge < -0.3 is 5.11 Å². The molecule has 3 aromatic rings. The Morgan fingerprint density at radius 2 is 1.65 bits per heavy atom. The molecule has 6 heteroatoms. The number of hydrogen-bond donors (Lipinski definition) is 1. The topological polar surface area (TPSA) is 64.2 Å². The molecule has 0 bridgehead atoms. The second-order valence-corrected chi connectivity index (χ2v) is 5.63. The number of fused-ring (bicyclic) bond motifs is 1. The van der Waals surface area contributed by atoms with Crippen LogP contribution in [0.3, 0.4) is 0 Å². The summed E-state index contributed by atoms with van der Waals surface area (Å²) >= 11 is 5.89. The average Bonchev–Trinajstić information content (AvgIpc) is 2.57. The van der Waals surface area contributed by atoms with Gasteiger partial charge in [0.25, 0.3) is 5.56 Å². The van der Waals surface area contributed by atoms with Crippen LogP contribution in [0.15, 0.2) is 58.1 Å². The summed E-state index contributed by atoms with van der Waals surface area (Å²) in [5.41, 5.74) is 0.659. The Labute approximate surface area is 137 Å². The number of hydrogen-bond acceptors (Lipinski definition) is 3. The van der Waals surface area contributed by atoms with Gasteiger partial charge in [-0.2, -0.15) is 0 Å². The van der Waals surface area contributed by atoms with Crippen LogP contribution in [0.1, 0.15) is 5.56 Å². The molecule has 0 saturated heterocycles. The van der Waals surface area contributed by atoms with Crippen LogP contribution in [0.2, 0.25) is 5.02 Å². The molecule has 23 heavy (non-hydrogen) atoms. The second-order valence-electron chi connectivity index (χ2n) is 5.19. The number of benzene rings is 2. The molecule has 0 spiro atoms. The highest BCUT2D eigenvalue weighted by Crippen LogP contribution is 2.13. The smallest absolute Gasteiger partial charge is 0.331 e. The van der Waals surface area contributed by atoms with E-state index in [4.69, 9.17) is 16.7 Å². The Morgan fingerprint density at radius 1 is 0.957 bits per heavy atom. The Morgan fingerprint density at radius 3 is 2.35 bits per heavy atom. The minimum atomic E-state index is -0.433. The molecule has 0 fully saturated rings. The highest BCUT2D eigenvalue weighted by molar-refractivity contribution is 6.30. The number of aliphatic hydroxyl groups is 1. The summed E-state index contributed by atoms with van der Waals surface area (Å²) in [5.74, 6) is 0. The predicted octanol–water partition coefficient (Wildman–Crippen LogP) is 1.86. The third-order valence-corrected chi connectivity index (χ3v) is 3.96. The monoisotopic (exact) mass is 330 g/mol. The molecule has 5 nitrogen and oxygen atoms in total. The van der Waals surface area contributed by atoms with E-state index in [-0.39, 0.29) is 18.7 Å². The maximum Gasteiger partial charge on any atom is 0.331 e. The van der Waals surface area contributed by atoms with Gasteiger partial charge in [0, 0.05) is 5.02 Å². The molecule has 0 aliphatic rings. The zero-order valence-corrected chi connectivity index (χ0v) is 13.0. The molecule has 1 aromatic heterocycles. The lowest BCUT2D eigenvalue weighted by Gasteiger charge is -2.13. The summed E-state index contributed by atoms with van der Waals surface area (Å²) in [4.78, 5) is 25.1. The van der Waals surface area contributed by atoms with Crippen molar-refractivity contribution in [3.8, 4) is 0 Å². The van der Waals surface area contributed by atoms with Crippen LogP contribution >= 0.6 is 11.6 Å². The van der Waals surface area contributed by atoms with Crippen molar-refractivity contribution in [1.29, 1.82) is 0 Å². The highest BCUT2D eigenvalue weighted by Gasteiger charge is 2.12. The Balaban J connectivity index is 2.24. The molecular weight excluding hydrogens is 316 g/mol. The molecule has 0 atom stereocenters. The number of aromatic nitrogens is 2. The summed E-state index contributed by atoms with van der Waals surface area (Å²) in [5, 5.41) is 10.2. The summed E-state index contributed by atoms with van der Waals surface area (Å²) in [6, 6.07) is 14.2. The van der Waals surface area contributed by atoms with Crippen molar-refractivity contribution in [2.45, 2.75) is 13.1 Å². The summed E-state index contributed by atoms with van der Waals surface area (Å²) in [7, 11) is 0. The number of aliphatic hydroxyl groups excluding tert-OH is 1. The molecule has 0 saturated carbocycles. The van der Waals surface area contributed by atoms with E-state index in [9.17, 15) is 9.59 Å². The Kier molecular flexibility index (Phi) is 4.32. The third-order valence-electron chi connectivity index (χ3n) is 3.71. The maximum atomic E-state index is 12.7. The molecule has 1 N–H and O–H groups in total. The van der Waals surface area contributed by atoms with Gasteiger partial charge in [-0.1, -0.05) is 35.9 Å². The first-order valence-corrected chi connectivity index (χ1v) is 7.57. The minimum absolute atomic E-state index is 0.0247. The quantitative estimate of drug-likeness (QED) is 0.794. The number of halogens is 1. The molecule has 118 valence electrons. The van der Waals surface area contributed by atoms with Gasteiger partial charge in [0.1, 0.15) is 0 Å². The first kappa shape index (κ1) is 15.5. The molecule has 0 unspecified atom stereocenters. The van der Waals surface area contributed by atoms with E-state index < -0.39 is 5.69 Å². The summed E-state index contributed by atoms with van der Waals surface area (Å²) in [6.45, 7) is 0.0276. The number of para-hydroxylation sites is 1. The molecule has 0 aliphatic heterocycles. The Bertz CT molecular complexity index is 958. The van der Waals surface area contributed by atoms with Crippen molar-refractivity contribution in [1.82, 2.24) is 9.13 Å². The van der Waals surface area contributed by atoms with E-state index in [1.54, 1.807) is 36.4 Å². The predicted molar refractivity (Wildman–Crippen MR) is 90.1 cm³/mol. The molecular formula is C17H15ClN2O3. The highest BCUT2D eigenvalue weighted by atomic mass is 35.5. The Hall–Kier alpha value is -2.37. The van der Waals surface area contributed by atoms with E-state index in [1.165, 1.54) is 4.57 Å². The zero-order chi connectivity index (χ0) is 16.4. The van der Waals surface area contributed by atoms with E-state index in [0.29, 0.717) is 22.5 Å². The van der Waals surface area contributed by atoms with Crippen LogP contribution in [0.4, 0.5) is 0 Å². The fourth-order valence-electron chi connectivity index (χ4n) is 2.59. The van der Waals surface area contributed by atoms with E-state index in [2.05, 4.69) is 0 Å². The number of nitrogens with zero attached hydrogens (tertiary/aromatic N) is 2. The fourth-order valence-corrected chi connectivity index (χ4v) is 2.72. The second kappa shape index (κ2) is 6.40. The van der Waals surface area contributed by atoms with Gasteiger partial charge in [-0.05, 0) is 29.8 Å². The minimum Gasteiger partial charge on any atom is -0.395 e. The van der Waals surface area contributed by atoms with E-state index >= 15 is 0 Å². The normalized spacial score (nSPS) is 11.0. The van der Waals surface area contributed by atoms with Crippen molar-refractivity contribution < 1.29 is 5.11 Å². The zero-order valence-electron chi connectivity index (χ0n) is 12.3. The third kappa shape index (κ3) is 2.93. The lowest BCUT2D eigenvalue weighted by atomic mass is 10.2. The first-order chi connectivity index (χ1) is 11.1. The molecule has 2 aromatic carbocycles. The molecule has 1 heterocycles. The van der Waals surface area contributed by atoms with Crippen LogP contribution in [0, 0.1) is 0 Å². The standard InChI is InChI=1S/C17H15ClN2O3/c18-13-7-5-12(6-8-13)11-20-15-4-2-1-3-14(15)16(22)19(9-10-21)17(20)23/h1-8,21H,9-11H2. The summed E-state index contributed by atoms with van der Waals surface area (Å²) in [6.07, 6.45) is 0. The van der Waals surface area contributed by atoms with Gasteiger partial charge in [-0.15, -0.1) is 0 Å². The lowest BCUT2D eigenvalue weighted by Crippen LogP contribution is -2.41. The maximum absolute atomic E-state index is 12.7. The van der Waals surface area contributed by atoms with Gasteiger partial charge in [-0.3, -0.25) is 13.9 Å². The molecule has 0 radical (unpaired) electrons. The van der Waals surface area contributed by atoms with Gasteiger partial charge in [-0.25, -0.2) is 4.79 Å². The van der Waals surface area contributed by atoms with Crippen LogP contribution in [-0.2, 0) is 13.1 Å².